The lowest BCUT2D eigenvalue weighted by atomic mass is 10.7. The predicted octanol–water partition coefficient (Wildman–Crippen LogP) is -0.852. The van der Waals surface area contributed by atoms with Crippen molar-refractivity contribution in [2.75, 3.05) is 20.3 Å². The van der Waals surface area contributed by atoms with Gasteiger partial charge in [0.1, 0.15) is 0 Å². The molecule has 0 aliphatic carbocycles. The first-order valence-electron chi connectivity index (χ1n) is 3.46. The molecule has 0 aliphatic heterocycles. The lowest BCUT2D eigenvalue weighted by molar-refractivity contribution is -0.119. The summed E-state index contributed by atoms with van der Waals surface area (Å²) in [6.45, 7) is 2.58. The summed E-state index contributed by atoms with van der Waals surface area (Å²) in [5.74, 6) is -0.189. The lowest BCUT2D eigenvalue weighted by Crippen LogP contribution is -2.46. The van der Waals surface area contributed by atoms with Crippen LogP contribution >= 0.6 is 12.2 Å². The van der Waals surface area contributed by atoms with E-state index in [4.69, 9.17) is 17.0 Å². The van der Waals surface area contributed by atoms with E-state index in [0.717, 1.165) is 0 Å². The Bertz CT molecular complexity index is 163. The fourth-order valence-corrected chi connectivity index (χ4v) is 0.609. The minimum absolute atomic E-state index is 0.189. The molecule has 0 saturated carbocycles. The second kappa shape index (κ2) is 6.81. The van der Waals surface area contributed by atoms with Crippen LogP contribution in [0.25, 0.3) is 0 Å². The van der Waals surface area contributed by atoms with Crippen LogP contribution in [0.5, 0.6) is 0 Å². The Morgan fingerprint density at radius 1 is 1.50 bits per heavy atom. The van der Waals surface area contributed by atoms with E-state index < -0.39 is 0 Å². The van der Waals surface area contributed by atoms with E-state index in [1.54, 1.807) is 7.11 Å². The van der Waals surface area contributed by atoms with E-state index in [0.29, 0.717) is 18.3 Å². The third-order valence-electron chi connectivity index (χ3n) is 0.944. The Balaban J connectivity index is 3.28. The summed E-state index contributed by atoms with van der Waals surface area (Å²) >= 11 is 4.79. The molecule has 3 N–H and O–H groups in total. The summed E-state index contributed by atoms with van der Waals surface area (Å²) < 4.78 is 4.78. The molecule has 0 bridgehead atoms. The van der Waals surface area contributed by atoms with Crippen LogP contribution < -0.4 is 16.2 Å². The number of hydrazine groups is 1. The minimum atomic E-state index is -0.189. The Morgan fingerprint density at radius 2 is 2.17 bits per heavy atom. The summed E-state index contributed by atoms with van der Waals surface area (Å²) in [5.41, 5.74) is 4.84. The van der Waals surface area contributed by atoms with E-state index >= 15 is 0 Å². The van der Waals surface area contributed by atoms with Gasteiger partial charge in [-0.1, -0.05) is 0 Å². The second-order valence-corrected chi connectivity index (χ2v) is 2.46. The van der Waals surface area contributed by atoms with Gasteiger partial charge in [-0.05, 0) is 12.2 Å². The Kier molecular flexibility index (Phi) is 6.31. The van der Waals surface area contributed by atoms with E-state index in [-0.39, 0.29) is 5.91 Å². The van der Waals surface area contributed by atoms with Crippen LogP contribution in [0.2, 0.25) is 0 Å². The molecule has 0 heterocycles. The smallest absolute Gasteiger partial charge is 0.235 e. The summed E-state index contributed by atoms with van der Waals surface area (Å²) in [4.78, 5) is 10.4. The molecule has 6 heteroatoms. The second-order valence-electron chi connectivity index (χ2n) is 2.05. The summed E-state index contributed by atoms with van der Waals surface area (Å²) in [6.07, 6.45) is 0. The van der Waals surface area contributed by atoms with E-state index in [9.17, 15) is 4.79 Å². The molecule has 70 valence electrons. The zero-order valence-electron chi connectivity index (χ0n) is 7.14. The number of rotatable bonds is 3. The third kappa shape index (κ3) is 7.23. The fraction of sp³-hybridized carbons (Fsp3) is 0.667. The van der Waals surface area contributed by atoms with Crippen LogP contribution in [0.4, 0.5) is 0 Å². The predicted molar refractivity (Wildman–Crippen MR) is 49.4 cm³/mol. The maximum absolute atomic E-state index is 10.4. The third-order valence-corrected chi connectivity index (χ3v) is 1.19. The Morgan fingerprint density at radius 3 is 2.67 bits per heavy atom. The molecule has 0 rings (SSSR count). The summed E-state index contributed by atoms with van der Waals surface area (Å²) in [6, 6.07) is 0. The van der Waals surface area contributed by atoms with Gasteiger partial charge in [0.2, 0.25) is 5.91 Å². The molecule has 0 spiro atoms. The molecule has 0 radical (unpaired) electrons. The highest BCUT2D eigenvalue weighted by Gasteiger charge is 1.93. The van der Waals surface area contributed by atoms with Crippen molar-refractivity contribution in [2.24, 2.45) is 0 Å². The number of thiocarbonyl (C=S) groups is 1. The van der Waals surface area contributed by atoms with Crippen molar-refractivity contribution in [3.63, 3.8) is 0 Å². The molecule has 0 fully saturated rings. The van der Waals surface area contributed by atoms with Crippen molar-refractivity contribution in [3.8, 4) is 0 Å². The van der Waals surface area contributed by atoms with Crippen LogP contribution in [0.3, 0.4) is 0 Å². The van der Waals surface area contributed by atoms with E-state index in [2.05, 4.69) is 16.2 Å². The largest absolute Gasteiger partial charge is 0.383 e. The van der Waals surface area contributed by atoms with Crippen molar-refractivity contribution < 1.29 is 9.53 Å². The molecule has 0 aliphatic rings. The fourth-order valence-electron chi connectivity index (χ4n) is 0.456. The maximum atomic E-state index is 10.4. The van der Waals surface area contributed by atoms with Crippen molar-refractivity contribution in [1.82, 2.24) is 16.2 Å². The van der Waals surface area contributed by atoms with Gasteiger partial charge >= 0.3 is 0 Å². The molecule has 1 amide bonds. The average molecular weight is 191 g/mol. The molecular formula is C6H13N3O2S. The van der Waals surface area contributed by atoms with Gasteiger partial charge in [0, 0.05) is 20.6 Å². The number of nitrogens with one attached hydrogen (secondary N) is 3. The molecule has 0 unspecified atom stereocenters. The normalized spacial score (nSPS) is 8.83. The van der Waals surface area contributed by atoms with Crippen molar-refractivity contribution in [2.45, 2.75) is 6.92 Å². The van der Waals surface area contributed by atoms with Gasteiger partial charge in [0.25, 0.3) is 0 Å². The number of carbonyl (C=O) groups is 1. The van der Waals surface area contributed by atoms with E-state index in [1.807, 2.05) is 0 Å². The standard InChI is InChI=1S/C6H13N3O2S/c1-5(10)8-9-6(12)7-3-4-11-2/h3-4H2,1-2H3,(H,8,10)(H2,7,9,12). The number of carbonyl (C=O) groups excluding carboxylic acids is 1. The number of methoxy groups -OCH3 is 1. The number of ether oxygens (including phenoxy) is 1. The van der Waals surface area contributed by atoms with Gasteiger partial charge < -0.3 is 10.1 Å². The van der Waals surface area contributed by atoms with Crippen molar-refractivity contribution in [3.05, 3.63) is 0 Å². The zero-order chi connectivity index (χ0) is 9.40. The summed E-state index contributed by atoms with van der Waals surface area (Å²) in [5, 5.41) is 3.20. The molecule has 0 aromatic rings. The molecule has 0 atom stereocenters. The first-order valence-corrected chi connectivity index (χ1v) is 3.87. The van der Waals surface area contributed by atoms with Gasteiger partial charge in [0.05, 0.1) is 6.61 Å². The van der Waals surface area contributed by atoms with Crippen molar-refractivity contribution in [1.29, 1.82) is 0 Å². The highest BCUT2D eigenvalue weighted by molar-refractivity contribution is 7.80. The quantitative estimate of drug-likeness (QED) is 0.308. The van der Waals surface area contributed by atoms with Gasteiger partial charge in [-0.25, -0.2) is 0 Å². The highest BCUT2D eigenvalue weighted by atomic mass is 32.1. The highest BCUT2D eigenvalue weighted by Crippen LogP contribution is 1.66. The molecular weight excluding hydrogens is 178 g/mol. The molecule has 12 heavy (non-hydrogen) atoms. The van der Waals surface area contributed by atoms with Gasteiger partial charge in [-0.15, -0.1) is 0 Å². The molecule has 0 aromatic heterocycles. The number of amides is 1. The van der Waals surface area contributed by atoms with Gasteiger partial charge in [-0.3, -0.25) is 15.6 Å². The Hall–Kier alpha value is -0.880. The topological polar surface area (TPSA) is 62.4 Å². The van der Waals surface area contributed by atoms with E-state index in [1.165, 1.54) is 6.92 Å². The zero-order valence-corrected chi connectivity index (χ0v) is 7.96. The van der Waals surface area contributed by atoms with Gasteiger partial charge in [0.15, 0.2) is 5.11 Å². The summed E-state index contributed by atoms with van der Waals surface area (Å²) in [7, 11) is 1.60. The maximum Gasteiger partial charge on any atom is 0.235 e. The SMILES string of the molecule is COCCNC(=S)NNC(C)=O. The Labute approximate surface area is 76.8 Å². The van der Waals surface area contributed by atoms with Gasteiger partial charge in [-0.2, -0.15) is 0 Å². The van der Waals surface area contributed by atoms with Crippen LogP contribution in [0.15, 0.2) is 0 Å². The molecule has 0 saturated heterocycles. The monoisotopic (exact) mass is 191 g/mol. The van der Waals surface area contributed by atoms with Crippen LogP contribution in [0, 0.1) is 0 Å². The average Bonchev–Trinajstić information content (AvgIpc) is 2.01. The lowest BCUT2D eigenvalue weighted by Gasteiger charge is -2.09. The van der Waals surface area contributed by atoms with Crippen molar-refractivity contribution >= 4 is 23.2 Å². The minimum Gasteiger partial charge on any atom is -0.383 e. The number of hydrogen-bond donors (Lipinski definition) is 3. The number of hydrogen-bond acceptors (Lipinski definition) is 3. The van der Waals surface area contributed by atoms with Crippen LogP contribution in [-0.4, -0.2) is 31.3 Å². The van der Waals surface area contributed by atoms with Crippen LogP contribution in [-0.2, 0) is 9.53 Å². The molecule has 5 nitrogen and oxygen atoms in total. The van der Waals surface area contributed by atoms with Crippen LogP contribution in [0.1, 0.15) is 6.92 Å². The first kappa shape index (κ1) is 11.1. The first-order chi connectivity index (χ1) is 5.66. The molecule has 0 aromatic carbocycles.